The summed E-state index contributed by atoms with van der Waals surface area (Å²) < 4.78 is 7.73. The smallest absolute Gasteiger partial charge is 0.230 e. The quantitative estimate of drug-likeness (QED) is 0.922. The third kappa shape index (κ3) is 2.63. The summed E-state index contributed by atoms with van der Waals surface area (Å²) in [6.45, 7) is 4.09. The van der Waals surface area contributed by atoms with Gasteiger partial charge in [0.2, 0.25) is 5.91 Å². The molecule has 1 saturated carbocycles. The molecule has 0 saturated heterocycles. The number of nitrogens with one attached hydrogen (secondary N) is 1. The van der Waals surface area contributed by atoms with Gasteiger partial charge < -0.3 is 14.6 Å². The molecule has 1 N–H and O–H groups in total. The molecule has 1 amide bonds. The van der Waals surface area contributed by atoms with Crippen LogP contribution in [0.15, 0.2) is 6.33 Å². The minimum Gasteiger partial charge on any atom is -0.370 e. The van der Waals surface area contributed by atoms with E-state index in [9.17, 15) is 4.79 Å². The van der Waals surface area contributed by atoms with E-state index in [4.69, 9.17) is 4.74 Å². The van der Waals surface area contributed by atoms with E-state index in [-0.39, 0.29) is 30.0 Å². The highest BCUT2D eigenvalue weighted by Gasteiger charge is 2.40. The number of rotatable bonds is 3. The molecule has 2 aromatic heterocycles. The largest absolute Gasteiger partial charge is 0.370 e. The highest BCUT2D eigenvalue weighted by atomic mass is 32.1. The maximum absolute atomic E-state index is 12.6. The minimum absolute atomic E-state index is 0.0296. The van der Waals surface area contributed by atoms with Crippen LogP contribution >= 0.6 is 11.3 Å². The molecule has 128 valence electrons. The Morgan fingerprint density at radius 3 is 2.92 bits per heavy atom. The van der Waals surface area contributed by atoms with Gasteiger partial charge in [-0.15, -0.1) is 10.2 Å². The van der Waals surface area contributed by atoms with E-state index in [2.05, 4.69) is 27.4 Å². The van der Waals surface area contributed by atoms with Gasteiger partial charge in [-0.3, -0.25) is 4.79 Å². The topological polar surface area (TPSA) is 81.9 Å². The second kappa shape index (κ2) is 5.93. The molecule has 8 heteroatoms. The van der Waals surface area contributed by atoms with Gasteiger partial charge in [0.15, 0.2) is 5.13 Å². The molecule has 1 aliphatic heterocycles. The average Bonchev–Trinajstić information content (AvgIpc) is 3.04. The Morgan fingerprint density at radius 1 is 1.42 bits per heavy atom. The Hall–Kier alpha value is -1.80. The summed E-state index contributed by atoms with van der Waals surface area (Å²) in [6.07, 6.45) is 4.55. The van der Waals surface area contributed by atoms with Crippen LogP contribution in [-0.2, 0) is 23.0 Å². The number of anilines is 1. The fourth-order valence-corrected chi connectivity index (χ4v) is 4.54. The molecular formula is C16H21N5O2S. The van der Waals surface area contributed by atoms with Crippen LogP contribution in [0.2, 0.25) is 0 Å². The Morgan fingerprint density at radius 2 is 2.25 bits per heavy atom. The van der Waals surface area contributed by atoms with Crippen LogP contribution in [0.4, 0.5) is 5.13 Å². The molecule has 7 nitrogen and oxygen atoms in total. The van der Waals surface area contributed by atoms with Crippen molar-refractivity contribution in [2.75, 3.05) is 5.32 Å². The summed E-state index contributed by atoms with van der Waals surface area (Å²) in [6, 6.07) is 0. The Labute approximate surface area is 144 Å². The van der Waals surface area contributed by atoms with Crippen molar-refractivity contribution in [1.29, 1.82) is 0 Å². The van der Waals surface area contributed by atoms with Crippen LogP contribution in [-0.4, -0.2) is 31.8 Å². The van der Waals surface area contributed by atoms with Crippen LogP contribution < -0.4 is 5.32 Å². The van der Waals surface area contributed by atoms with E-state index < -0.39 is 0 Å². The molecule has 4 atom stereocenters. The van der Waals surface area contributed by atoms with Crippen molar-refractivity contribution in [2.24, 2.45) is 13.0 Å². The zero-order chi connectivity index (χ0) is 16.8. The van der Waals surface area contributed by atoms with Gasteiger partial charge in [0, 0.05) is 25.3 Å². The lowest BCUT2D eigenvalue weighted by molar-refractivity contribution is -0.123. The number of thiazole rings is 1. The van der Waals surface area contributed by atoms with Gasteiger partial charge in [-0.25, -0.2) is 4.98 Å². The lowest BCUT2D eigenvalue weighted by Crippen LogP contribution is -2.36. The molecule has 2 aliphatic rings. The normalized spacial score (nSPS) is 29.0. The number of aryl methyl sites for hydroxylation is 1. The summed E-state index contributed by atoms with van der Waals surface area (Å²) in [5, 5.41) is 11.8. The number of ether oxygens (including phenoxy) is 1. The molecule has 0 spiro atoms. The summed E-state index contributed by atoms with van der Waals surface area (Å²) in [4.78, 5) is 18.4. The standard InChI is InChI=1S/C16H21N5O2S/c1-8-6-12-13(9(2)23-8)24-16(18-12)19-15(22)11-5-4-10(11)14-20-17-7-21(14)3/h7-11H,4-6H2,1-3H3,(H,18,19,22)/t8-,9+,10+,11-/m1/s1. The number of hydrogen-bond donors (Lipinski definition) is 1. The minimum atomic E-state index is -0.0542. The molecular weight excluding hydrogens is 326 g/mol. The molecule has 0 bridgehead atoms. The van der Waals surface area contributed by atoms with E-state index in [1.54, 1.807) is 6.33 Å². The first-order valence-electron chi connectivity index (χ1n) is 8.32. The van der Waals surface area contributed by atoms with Crippen molar-refractivity contribution in [3.63, 3.8) is 0 Å². The molecule has 0 aromatic carbocycles. The van der Waals surface area contributed by atoms with E-state index in [1.807, 2.05) is 18.5 Å². The molecule has 0 unspecified atom stereocenters. The fraction of sp³-hybridized carbons (Fsp3) is 0.625. The van der Waals surface area contributed by atoms with E-state index in [0.29, 0.717) is 5.13 Å². The average molecular weight is 347 g/mol. The Bertz CT molecular complexity index is 770. The van der Waals surface area contributed by atoms with Gasteiger partial charge >= 0.3 is 0 Å². The lowest BCUT2D eigenvalue weighted by Gasteiger charge is -2.34. The van der Waals surface area contributed by atoms with E-state index in [0.717, 1.165) is 35.7 Å². The van der Waals surface area contributed by atoms with Gasteiger partial charge in [-0.1, -0.05) is 11.3 Å². The van der Waals surface area contributed by atoms with Crippen LogP contribution in [0, 0.1) is 5.92 Å². The molecule has 1 fully saturated rings. The molecule has 3 heterocycles. The predicted octanol–water partition coefficient (Wildman–Crippen LogP) is 2.43. The van der Waals surface area contributed by atoms with E-state index >= 15 is 0 Å². The van der Waals surface area contributed by atoms with Crippen molar-refractivity contribution in [3.05, 3.63) is 22.7 Å². The number of hydrogen-bond acceptors (Lipinski definition) is 6. The molecule has 24 heavy (non-hydrogen) atoms. The van der Waals surface area contributed by atoms with Gasteiger partial charge in [0.1, 0.15) is 12.2 Å². The van der Waals surface area contributed by atoms with Gasteiger partial charge in [0.05, 0.1) is 22.8 Å². The Balaban J connectivity index is 1.47. The van der Waals surface area contributed by atoms with Gasteiger partial charge in [-0.2, -0.15) is 0 Å². The van der Waals surface area contributed by atoms with Crippen molar-refractivity contribution >= 4 is 22.4 Å². The first-order valence-corrected chi connectivity index (χ1v) is 9.14. The monoisotopic (exact) mass is 347 g/mol. The number of amides is 1. The molecule has 0 radical (unpaired) electrons. The number of nitrogens with zero attached hydrogens (tertiary/aromatic N) is 4. The SMILES string of the molecule is C[C@@H]1Cc2nc(NC(=O)[C@@H]3CC[C@@H]3c3nncn3C)sc2[C@H](C)O1. The number of aromatic nitrogens is 4. The van der Waals surface area contributed by atoms with Gasteiger partial charge in [-0.05, 0) is 26.7 Å². The maximum atomic E-state index is 12.6. The highest BCUT2D eigenvalue weighted by molar-refractivity contribution is 7.16. The van der Waals surface area contributed by atoms with Crippen molar-refractivity contribution in [1.82, 2.24) is 19.7 Å². The van der Waals surface area contributed by atoms with Gasteiger partial charge in [0.25, 0.3) is 0 Å². The predicted molar refractivity (Wildman–Crippen MR) is 89.9 cm³/mol. The summed E-state index contributed by atoms with van der Waals surface area (Å²) >= 11 is 1.53. The summed E-state index contributed by atoms with van der Waals surface area (Å²) in [5.74, 6) is 1.01. The number of fused-ring (bicyclic) bond motifs is 1. The van der Waals surface area contributed by atoms with Crippen LogP contribution in [0.1, 0.15) is 55.1 Å². The highest BCUT2D eigenvalue weighted by Crippen LogP contribution is 2.43. The van der Waals surface area contributed by atoms with Crippen LogP contribution in [0.3, 0.4) is 0 Å². The van der Waals surface area contributed by atoms with Crippen LogP contribution in [0.5, 0.6) is 0 Å². The second-order valence-electron chi connectivity index (χ2n) is 6.70. The van der Waals surface area contributed by atoms with Crippen molar-refractivity contribution in [2.45, 2.75) is 51.2 Å². The summed E-state index contributed by atoms with van der Waals surface area (Å²) in [5.41, 5.74) is 1.06. The molecule has 2 aromatic rings. The molecule has 1 aliphatic carbocycles. The number of carbonyl (C=O) groups excluding carboxylic acids is 1. The lowest BCUT2D eigenvalue weighted by atomic mass is 9.72. The van der Waals surface area contributed by atoms with Crippen molar-refractivity contribution < 1.29 is 9.53 Å². The maximum Gasteiger partial charge on any atom is 0.230 e. The zero-order valence-electron chi connectivity index (χ0n) is 14.0. The third-order valence-corrected chi connectivity index (χ3v) is 6.11. The fourth-order valence-electron chi connectivity index (χ4n) is 3.56. The molecule has 4 rings (SSSR count). The number of carbonyl (C=O) groups is 1. The summed E-state index contributed by atoms with van der Waals surface area (Å²) in [7, 11) is 1.92. The zero-order valence-corrected chi connectivity index (χ0v) is 14.8. The van der Waals surface area contributed by atoms with Crippen LogP contribution in [0.25, 0.3) is 0 Å². The van der Waals surface area contributed by atoms with E-state index in [1.165, 1.54) is 11.3 Å². The van der Waals surface area contributed by atoms with Crippen molar-refractivity contribution in [3.8, 4) is 0 Å². The second-order valence-corrected chi connectivity index (χ2v) is 7.73. The first-order chi connectivity index (χ1) is 11.5. The first kappa shape index (κ1) is 15.7. The Kier molecular flexibility index (Phi) is 3.88. The third-order valence-electron chi connectivity index (χ3n) is 4.93.